The summed E-state index contributed by atoms with van der Waals surface area (Å²) in [5, 5.41) is 0. The molecule has 0 aromatic rings. The van der Waals surface area contributed by atoms with Gasteiger partial charge in [-0.25, -0.2) is 4.79 Å². The van der Waals surface area contributed by atoms with E-state index in [9.17, 15) is 4.79 Å². The normalized spacial score (nSPS) is 10.2. The molecule has 0 bridgehead atoms. The summed E-state index contributed by atoms with van der Waals surface area (Å²) in [6.45, 7) is 9.73. The fraction of sp³-hybridized carbons (Fsp3) is 0.952. The molecule has 5 heteroatoms. The van der Waals surface area contributed by atoms with Crippen molar-refractivity contribution in [2.24, 2.45) is 0 Å². The van der Waals surface area contributed by atoms with Gasteiger partial charge in [0.25, 0.3) is 0 Å². The summed E-state index contributed by atoms with van der Waals surface area (Å²) in [5.41, 5.74) is 0. The van der Waals surface area contributed by atoms with Crippen molar-refractivity contribution in [3.8, 4) is 0 Å². The number of ether oxygens (including phenoxy) is 1. The summed E-state index contributed by atoms with van der Waals surface area (Å²) in [6.07, 6.45) is 13.8. The van der Waals surface area contributed by atoms with Crippen LogP contribution in [0.2, 0.25) is 8.87 Å². The van der Waals surface area contributed by atoms with Crippen LogP contribution in [-0.4, -0.2) is 40.5 Å². The summed E-state index contributed by atoms with van der Waals surface area (Å²) in [5.74, 6) is 0. The number of carbonyl (C=O) groups excluding carboxylic acids is 1. The van der Waals surface area contributed by atoms with Gasteiger partial charge in [0.15, 0.2) is 0 Å². The summed E-state index contributed by atoms with van der Waals surface area (Å²) < 4.78 is 8.08. The molecule has 26 heavy (non-hydrogen) atoms. The molecule has 2 radical (unpaired) electrons. The van der Waals surface area contributed by atoms with Gasteiger partial charge in [-0.05, 0) is 12.8 Å². The minimum absolute atomic E-state index is 0.149. The molecule has 156 valence electrons. The molecule has 0 aliphatic carbocycles. The molecule has 0 aromatic carbocycles. The molecular formula is C21H44O4Sn. The number of carbonyl (C=O) groups is 1. The maximum atomic E-state index is 11.0. The molecular weight excluding hydrogens is 435 g/mol. The van der Waals surface area contributed by atoms with Crippen LogP contribution in [0.25, 0.3) is 0 Å². The van der Waals surface area contributed by atoms with Crippen LogP contribution in [0.4, 0.5) is 4.79 Å². The van der Waals surface area contributed by atoms with Gasteiger partial charge in [0.2, 0.25) is 0 Å². The molecule has 4 nitrogen and oxygen atoms in total. The van der Waals surface area contributed by atoms with Crippen molar-refractivity contribution < 1.29 is 19.3 Å². The molecule has 0 atom stereocenters. The first kappa shape index (κ1) is 28.2. The zero-order valence-corrected chi connectivity index (χ0v) is 20.8. The summed E-state index contributed by atoms with van der Waals surface area (Å²) in [7, 11) is 0. The predicted molar refractivity (Wildman–Crippen MR) is 112 cm³/mol. The third kappa shape index (κ3) is 28.8. The third-order valence-electron chi connectivity index (χ3n) is 3.84. The zero-order chi connectivity index (χ0) is 19.7. The number of hydrogen-bond acceptors (Lipinski definition) is 4. The van der Waals surface area contributed by atoms with E-state index in [0.29, 0.717) is 13.2 Å². The predicted octanol–water partition coefficient (Wildman–Crippen LogP) is 7.36. The van der Waals surface area contributed by atoms with E-state index in [4.69, 9.17) is 9.62 Å². The minimum atomic E-state index is -0.725. The zero-order valence-electron chi connectivity index (χ0n) is 17.9. The van der Waals surface area contributed by atoms with E-state index < -0.39 is 6.16 Å². The molecule has 0 aliphatic heterocycles. The Kier molecular flexibility index (Phi) is 29.6. The van der Waals surface area contributed by atoms with Crippen LogP contribution in [0.5, 0.6) is 0 Å². The molecule has 0 aliphatic rings. The molecule has 0 unspecified atom stereocenters. The van der Waals surface area contributed by atoms with E-state index in [-0.39, 0.29) is 21.1 Å². The van der Waals surface area contributed by atoms with Crippen molar-refractivity contribution in [3.05, 3.63) is 0 Å². The topological polar surface area (TPSA) is 44.8 Å². The average molecular weight is 479 g/mol. The van der Waals surface area contributed by atoms with Crippen LogP contribution >= 0.6 is 0 Å². The number of unbranched alkanes of at least 4 members (excludes halogenated alkanes) is 8. The van der Waals surface area contributed by atoms with Gasteiger partial charge >= 0.3 is 75.7 Å². The van der Waals surface area contributed by atoms with Gasteiger partial charge in [0.05, 0.1) is 13.2 Å². The summed E-state index contributed by atoms with van der Waals surface area (Å²) >= 11 is 0.149. The van der Waals surface area contributed by atoms with E-state index in [1.165, 1.54) is 51.4 Å². The van der Waals surface area contributed by atoms with Gasteiger partial charge in [-0.3, -0.25) is 4.89 Å². The van der Waals surface area contributed by atoms with Gasteiger partial charge in [0, 0.05) is 0 Å². The Bertz CT molecular complexity index is 256. The van der Waals surface area contributed by atoms with E-state index >= 15 is 0 Å². The van der Waals surface area contributed by atoms with Crippen molar-refractivity contribution in [2.75, 3.05) is 13.2 Å². The molecule has 0 spiro atoms. The third-order valence-corrected chi connectivity index (χ3v) is 7.88. The van der Waals surface area contributed by atoms with Gasteiger partial charge in [0.1, 0.15) is 0 Å². The molecule has 0 N–H and O–H groups in total. The standard InChI is InChI=1S/C13H26O4.2C4H9.Sn/c1-3-5-7-9-11-15-13(14)17-16-12-10-8-6-4-2;2*1-3-4-2;/h3-12H2,1-2H3;2*1,3-4H2,2H3;. The fourth-order valence-electron chi connectivity index (χ4n) is 2.11. The van der Waals surface area contributed by atoms with Crippen molar-refractivity contribution >= 4 is 27.3 Å². The van der Waals surface area contributed by atoms with Crippen LogP contribution in [0.1, 0.15) is 105 Å². The Morgan fingerprint density at radius 3 is 1.65 bits per heavy atom. The molecule has 0 saturated carbocycles. The molecule has 0 fully saturated rings. The fourth-order valence-corrected chi connectivity index (χ4v) is 6.27. The maximum absolute atomic E-state index is 11.0. The number of rotatable bonds is 17. The van der Waals surface area contributed by atoms with Crippen LogP contribution in [0.15, 0.2) is 0 Å². The van der Waals surface area contributed by atoms with Crippen molar-refractivity contribution in [1.82, 2.24) is 0 Å². The Balaban J connectivity index is 0. The second-order valence-electron chi connectivity index (χ2n) is 6.58. The first-order chi connectivity index (χ1) is 12.7. The quantitative estimate of drug-likeness (QED) is 0.0719. The first-order valence-corrected chi connectivity index (χ1v) is 14.9. The molecule has 0 saturated heterocycles. The van der Waals surface area contributed by atoms with Crippen molar-refractivity contribution in [2.45, 2.75) is 114 Å². The van der Waals surface area contributed by atoms with Crippen molar-refractivity contribution in [3.63, 3.8) is 0 Å². The first-order valence-electron chi connectivity index (χ1n) is 10.9. The van der Waals surface area contributed by atoms with Gasteiger partial charge < -0.3 is 4.74 Å². The van der Waals surface area contributed by atoms with E-state index in [1.54, 1.807) is 8.87 Å². The van der Waals surface area contributed by atoms with Gasteiger partial charge in [-0.1, -0.05) is 52.4 Å². The Morgan fingerprint density at radius 1 is 0.654 bits per heavy atom. The Labute approximate surface area is 173 Å². The van der Waals surface area contributed by atoms with Crippen molar-refractivity contribution in [1.29, 1.82) is 0 Å². The van der Waals surface area contributed by atoms with E-state index in [1.807, 2.05) is 0 Å². The monoisotopic (exact) mass is 480 g/mol. The molecule has 0 aromatic heterocycles. The van der Waals surface area contributed by atoms with Gasteiger partial charge in [-0.15, -0.1) is 0 Å². The SMILES string of the molecule is CCCCCCOOC(=O)OCCCCCC.CCC[CH2][Sn][CH2]CCC. The Morgan fingerprint density at radius 2 is 1.15 bits per heavy atom. The van der Waals surface area contributed by atoms with Crippen LogP contribution in [-0.2, 0) is 14.5 Å². The second kappa shape index (κ2) is 27.2. The van der Waals surface area contributed by atoms with E-state index in [2.05, 4.69) is 32.6 Å². The average Bonchev–Trinajstić information content (AvgIpc) is 2.65. The summed E-state index contributed by atoms with van der Waals surface area (Å²) in [4.78, 5) is 20.2. The molecule has 0 rings (SSSR count). The van der Waals surface area contributed by atoms with Crippen LogP contribution < -0.4 is 0 Å². The second-order valence-corrected chi connectivity index (χ2v) is 10.9. The summed E-state index contributed by atoms with van der Waals surface area (Å²) in [6, 6.07) is 0. The van der Waals surface area contributed by atoms with Crippen LogP contribution in [0.3, 0.4) is 0 Å². The number of hydrogen-bond donors (Lipinski definition) is 0. The van der Waals surface area contributed by atoms with Crippen LogP contribution in [0, 0.1) is 0 Å². The van der Waals surface area contributed by atoms with Gasteiger partial charge in [-0.2, -0.15) is 4.89 Å². The Hall–Kier alpha value is 0.0287. The van der Waals surface area contributed by atoms with E-state index in [0.717, 1.165) is 25.7 Å². The molecule has 0 amide bonds. The molecule has 0 heterocycles.